The molecule has 4 rings (SSSR count). The van der Waals surface area contributed by atoms with E-state index in [0.717, 1.165) is 23.3 Å². The van der Waals surface area contributed by atoms with Gasteiger partial charge in [0, 0.05) is 6.04 Å². The molecule has 3 nitrogen and oxygen atoms in total. The van der Waals surface area contributed by atoms with E-state index >= 15 is 0 Å². The number of hydrogen-bond donors (Lipinski definition) is 0. The molecule has 0 radical (unpaired) electrons. The summed E-state index contributed by atoms with van der Waals surface area (Å²) in [5.74, 6) is -0.527. The van der Waals surface area contributed by atoms with Crippen molar-refractivity contribution in [3.05, 3.63) is 94.8 Å². The lowest BCUT2D eigenvalue weighted by molar-refractivity contribution is -0.137. The number of aryl methyl sites for hydroxylation is 3. The van der Waals surface area contributed by atoms with E-state index in [-0.39, 0.29) is 4.90 Å². The molecule has 1 atom stereocenters. The van der Waals surface area contributed by atoms with Crippen molar-refractivity contribution in [3.8, 4) is 0 Å². The monoisotopic (exact) mass is 477 g/mol. The van der Waals surface area contributed by atoms with Gasteiger partial charge >= 0.3 is 6.18 Å². The largest absolute Gasteiger partial charge is 0.416 e. The fourth-order valence-corrected chi connectivity index (χ4v) is 5.93. The third-order valence-electron chi connectivity index (χ3n) is 5.99. The van der Waals surface area contributed by atoms with Crippen LogP contribution in [-0.2, 0) is 29.0 Å². The Balaban J connectivity index is 1.66. The highest BCUT2D eigenvalue weighted by molar-refractivity contribution is 7.92. The molecule has 0 saturated heterocycles. The van der Waals surface area contributed by atoms with Gasteiger partial charge in [0.25, 0.3) is 10.0 Å². The van der Waals surface area contributed by atoms with Crippen molar-refractivity contribution in [2.75, 3.05) is 4.31 Å². The topological polar surface area (TPSA) is 37.4 Å². The molecule has 0 aliphatic carbocycles. The van der Waals surface area contributed by atoms with Gasteiger partial charge in [-0.1, -0.05) is 35.9 Å². The fraction of sp³-hybridized carbons (Fsp3) is 0.280. The molecule has 3 aromatic carbocycles. The highest BCUT2D eigenvalue weighted by Gasteiger charge is 2.36. The van der Waals surface area contributed by atoms with Gasteiger partial charge in [-0.2, -0.15) is 13.2 Å². The zero-order valence-electron chi connectivity index (χ0n) is 17.9. The number of fused-ring (bicyclic) bond motifs is 1. The Morgan fingerprint density at radius 2 is 1.64 bits per heavy atom. The molecule has 1 unspecified atom stereocenters. The minimum Gasteiger partial charge on any atom is -0.263 e. The number of benzene rings is 3. The Morgan fingerprint density at radius 3 is 2.27 bits per heavy atom. The summed E-state index contributed by atoms with van der Waals surface area (Å²) in [6, 6.07) is 15.1. The van der Waals surface area contributed by atoms with Gasteiger partial charge in [0.05, 0.1) is 16.1 Å². The van der Waals surface area contributed by atoms with Crippen LogP contribution in [-0.4, -0.2) is 14.5 Å². The zero-order valence-corrected chi connectivity index (χ0v) is 18.8. The van der Waals surface area contributed by atoms with Crippen molar-refractivity contribution in [2.45, 2.75) is 49.7 Å². The highest BCUT2D eigenvalue weighted by atomic mass is 32.2. The first kappa shape index (κ1) is 23.3. The smallest absolute Gasteiger partial charge is 0.263 e. The SMILES string of the molecule is Cc1ccc(S(=O)(=O)N2c3cc(F)ccc3CCC2CCc2ccc(C(F)(F)F)cc2)cc1. The van der Waals surface area contributed by atoms with Gasteiger partial charge in [0.1, 0.15) is 5.82 Å². The molecule has 1 aliphatic heterocycles. The lowest BCUT2D eigenvalue weighted by Crippen LogP contribution is -2.44. The Morgan fingerprint density at radius 1 is 0.970 bits per heavy atom. The number of rotatable bonds is 5. The molecule has 1 aliphatic rings. The van der Waals surface area contributed by atoms with Crippen molar-refractivity contribution < 1.29 is 26.0 Å². The summed E-state index contributed by atoms with van der Waals surface area (Å²) in [4.78, 5) is 0.116. The number of halogens is 4. The second-order valence-corrected chi connectivity index (χ2v) is 10.1. The quantitative estimate of drug-likeness (QED) is 0.405. The Bertz CT molecular complexity index is 1240. The maximum Gasteiger partial charge on any atom is 0.416 e. The van der Waals surface area contributed by atoms with Crippen LogP contribution in [0.2, 0.25) is 0 Å². The summed E-state index contributed by atoms with van der Waals surface area (Å²) >= 11 is 0. The van der Waals surface area contributed by atoms with Crippen LogP contribution in [0.25, 0.3) is 0 Å². The Kier molecular flexibility index (Phi) is 6.22. The van der Waals surface area contributed by atoms with Crippen LogP contribution in [0.3, 0.4) is 0 Å². The summed E-state index contributed by atoms with van der Waals surface area (Å²) in [5, 5.41) is 0. The molecule has 0 saturated carbocycles. The molecule has 174 valence electrons. The van der Waals surface area contributed by atoms with E-state index in [1.54, 1.807) is 18.2 Å². The van der Waals surface area contributed by atoms with Gasteiger partial charge in [-0.15, -0.1) is 0 Å². The molecule has 0 aromatic heterocycles. The van der Waals surface area contributed by atoms with E-state index in [9.17, 15) is 26.0 Å². The number of nitrogens with zero attached hydrogens (tertiary/aromatic N) is 1. The number of alkyl halides is 3. The molecule has 0 spiro atoms. The number of sulfonamides is 1. The van der Waals surface area contributed by atoms with Crippen LogP contribution >= 0.6 is 0 Å². The van der Waals surface area contributed by atoms with E-state index < -0.39 is 33.6 Å². The van der Waals surface area contributed by atoms with Crippen LogP contribution < -0.4 is 4.31 Å². The van der Waals surface area contributed by atoms with Crippen LogP contribution in [0.1, 0.15) is 35.1 Å². The van der Waals surface area contributed by atoms with Crippen molar-refractivity contribution in [1.29, 1.82) is 0 Å². The highest BCUT2D eigenvalue weighted by Crippen LogP contribution is 2.38. The number of anilines is 1. The first-order valence-electron chi connectivity index (χ1n) is 10.6. The first-order chi connectivity index (χ1) is 15.6. The van der Waals surface area contributed by atoms with Gasteiger partial charge in [-0.25, -0.2) is 12.8 Å². The molecule has 3 aromatic rings. The fourth-order valence-electron chi connectivity index (χ4n) is 4.19. The average Bonchev–Trinajstić information content (AvgIpc) is 2.77. The Labute approximate surface area is 190 Å². The molecule has 0 amide bonds. The van der Waals surface area contributed by atoms with Gasteiger partial charge in [0.15, 0.2) is 0 Å². The van der Waals surface area contributed by atoms with Crippen LogP contribution in [0.15, 0.2) is 71.6 Å². The van der Waals surface area contributed by atoms with Crippen LogP contribution in [0, 0.1) is 12.7 Å². The maximum atomic E-state index is 14.1. The summed E-state index contributed by atoms with van der Waals surface area (Å²) in [7, 11) is -3.97. The van der Waals surface area contributed by atoms with Crippen molar-refractivity contribution >= 4 is 15.7 Å². The molecule has 8 heteroatoms. The van der Waals surface area contributed by atoms with Crippen molar-refractivity contribution in [3.63, 3.8) is 0 Å². The summed E-state index contributed by atoms with van der Waals surface area (Å²) < 4.78 is 81.2. The molecule has 0 bridgehead atoms. The van der Waals surface area contributed by atoms with E-state index in [4.69, 9.17) is 0 Å². The predicted molar refractivity (Wildman–Crippen MR) is 119 cm³/mol. The summed E-state index contributed by atoms with van der Waals surface area (Å²) in [5.41, 5.74) is 1.94. The van der Waals surface area contributed by atoms with Gasteiger partial charge in [-0.05, 0) is 80.1 Å². The lowest BCUT2D eigenvalue weighted by Gasteiger charge is -2.38. The minimum absolute atomic E-state index is 0.116. The zero-order chi connectivity index (χ0) is 23.8. The minimum atomic E-state index is -4.41. The molecule has 1 heterocycles. The van der Waals surface area contributed by atoms with E-state index in [2.05, 4.69) is 0 Å². The maximum absolute atomic E-state index is 14.1. The van der Waals surface area contributed by atoms with E-state index in [0.29, 0.717) is 36.9 Å². The normalized spacial score (nSPS) is 16.5. The van der Waals surface area contributed by atoms with Gasteiger partial charge in [0.2, 0.25) is 0 Å². The molecule has 33 heavy (non-hydrogen) atoms. The van der Waals surface area contributed by atoms with Crippen LogP contribution in [0.5, 0.6) is 0 Å². The first-order valence-corrected chi connectivity index (χ1v) is 12.1. The Hall–Kier alpha value is -2.87. The van der Waals surface area contributed by atoms with Gasteiger partial charge in [-0.3, -0.25) is 4.31 Å². The van der Waals surface area contributed by atoms with Crippen LogP contribution in [0.4, 0.5) is 23.2 Å². The van der Waals surface area contributed by atoms with Gasteiger partial charge < -0.3 is 0 Å². The second kappa shape index (κ2) is 8.82. The average molecular weight is 478 g/mol. The third kappa shape index (κ3) is 4.90. The van der Waals surface area contributed by atoms with Crippen molar-refractivity contribution in [1.82, 2.24) is 0 Å². The molecule has 0 fully saturated rings. The summed E-state index contributed by atoms with van der Waals surface area (Å²) in [6.45, 7) is 1.86. The molecular weight excluding hydrogens is 454 g/mol. The molecular formula is C25H23F4NO2S. The summed E-state index contributed by atoms with van der Waals surface area (Å²) in [6.07, 6.45) is -2.49. The molecule has 0 N–H and O–H groups in total. The van der Waals surface area contributed by atoms with E-state index in [1.165, 1.54) is 40.7 Å². The van der Waals surface area contributed by atoms with E-state index in [1.807, 2.05) is 6.92 Å². The van der Waals surface area contributed by atoms with Crippen molar-refractivity contribution in [2.24, 2.45) is 0 Å². The predicted octanol–water partition coefficient (Wildman–Crippen LogP) is 6.30. The second-order valence-electron chi connectivity index (χ2n) is 8.31. The lowest BCUT2D eigenvalue weighted by atomic mass is 9.93. The number of hydrogen-bond acceptors (Lipinski definition) is 2. The third-order valence-corrected chi connectivity index (χ3v) is 7.87. The standard InChI is InChI=1S/C25H23F4NO2S/c1-17-2-14-23(15-3-17)33(31,32)30-22(13-8-19-7-11-21(26)16-24(19)30)12-6-18-4-9-20(10-5-18)25(27,28)29/h2-5,7,9-11,14-16,22H,6,8,12-13H2,1H3.